The van der Waals surface area contributed by atoms with Gasteiger partial charge in [-0.2, -0.15) is 8.78 Å². The van der Waals surface area contributed by atoms with Crippen LogP contribution in [-0.4, -0.2) is 6.61 Å². The molecule has 0 aliphatic rings. The molecule has 0 bridgehead atoms. The van der Waals surface area contributed by atoms with Crippen LogP contribution in [0.5, 0.6) is 5.75 Å². The molecule has 0 amide bonds. The Morgan fingerprint density at radius 3 is 2.62 bits per heavy atom. The lowest BCUT2D eigenvalue weighted by Crippen LogP contribution is -2.06. The Morgan fingerprint density at radius 1 is 1.44 bits per heavy atom. The van der Waals surface area contributed by atoms with Gasteiger partial charge in [0.05, 0.1) is 0 Å². The van der Waals surface area contributed by atoms with Crippen LogP contribution < -0.4 is 4.74 Å². The molecule has 1 rings (SSSR count). The van der Waals surface area contributed by atoms with Gasteiger partial charge in [-0.05, 0) is 30.5 Å². The minimum atomic E-state index is -2.80. The molecule has 1 atom stereocenters. The molecule has 0 heterocycles. The van der Waals surface area contributed by atoms with Crippen molar-refractivity contribution < 1.29 is 13.5 Å². The summed E-state index contributed by atoms with van der Waals surface area (Å²) in [5.74, 6) is 0.113. The first kappa shape index (κ1) is 12.7. The van der Waals surface area contributed by atoms with Crippen LogP contribution in [0.15, 0.2) is 30.9 Å². The monoisotopic (exact) mass is 225 g/mol. The normalized spacial score (nSPS) is 12.6. The highest BCUT2D eigenvalue weighted by Gasteiger charge is 2.14. The second kappa shape index (κ2) is 5.64. The fourth-order valence-corrected chi connectivity index (χ4v) is 1.64. The van der Waals surface area contributed by atoms with E-state index in [0.29, 0.717) is 6.42 Å². The SMILES string of the molecule is [CH2]C(C=C)c1cccc(OC(F)F)c1CC. The summed E-state index contributed by atoms with van der Waals surface area (Å²) in [4.78, 5) is 0. The van der Waals surface area contributed by atoms with E-state index in [-0.39, 0.29) is 11.7 Å². The molecule has 0 spiro atoms. The van der Waals surface area contributed by atoms with Crippen LogP contribution in [0, 0.1) is 6.92 Å². The van der Waals surface area contributed by atoms with Crippen molar-refractivity contribution in [3.8, 4) is 5.75 Å². The molecule has 0 saturated carbocycles. The molecule has 87 valence electrons. The maximum atomic E-state index is 12.2. The summed E-state index contributed by atoms with van der Waals surface area (Å²) in [6, 6.07) is 5.09. The summed E-state index contributed by atoms with van der Waals surface area (Å²) >= 11 is 0. The fraction of sp³-hybridized carbons (Fsp3) is 0.308. The maximum Gasteiger partial charge on any atom is 0.387 e. The number of hydrogen-bond acceptors (Lipinski definition) is 1. The largest absolute Gasteiger partial charge is 0.435 e. The number of rotatable bonds is 5. The Bertz CT molecular complexity index is 361. The number of allylic oxidation sites excluding steroid dienone is 1. The van der Waals surface area contributed by atoms with Gasteiger partial charge in [0.1, 0.15) is 5.75 Å². The summed E-state index contributed by atoms with van der Waals surface area (Å²) in [7, 11) is 0. The molecule has 0 N–H and O–H groups in total. The number of hydrogen-bond donors (Lipinski definition) is 0. The first-order valence-electron chi connectivity index (χ1n) is 5.12. The molecule has 0 aliphatic heterocycles. The zero-order valence-electron chi connectivity index (χ0n) is 9.25. The van der Waals surface area contributed by atoms with Gasteiger partial charge in [0.15, 0.2) is 0 Å². The molecule has 1 aromatic rings. The standard InChI is InChI=1S/C13H15F2O/c1-4-9(3)11-7-6-8-12(10(11)5-2)16-13(14)15/h4,6-9,13H,1,3,5H2,2H3. The van der Waals surface area contributed by atoms with Crippen LogP contribution in [0.4, 0.5) is 8.78 Å². The second-order valence-electron chi connectivity index (χ2n) is 3.40. The summed E-state index contributed by atoms with van der Waals surface area (Å²) in [6.07, 6.45) is 2.30. The van der Waals surface area contributed by atoms with Gasteiger partial charge in [0.25, 0.3) is 0 Å². The maximum absolute atomic E-state index is 12.2. The van der Waals surface area contributed by atoms with Gasteiger partial charge < -0.3 is 4.74 Å². The molecular formula is C13H15F2O. The molecule has 1 aromatic carbocycles. The quantitative estimate of drug-likeness (QED) is 0.689. The van der Waals surface area contributed by atoms with E-state index in [4.69, 9.17) is 0 Å². The zero-order chi connectivity index (χ0) is 12.1. The van der Waals surface area contributed by atoms with Crippen molar-refractivity contribution in [1.29, 1.82) is 0 Å². The molecule has 1 radical (unpaired) electrons. The Kier molecular flexibility index (Phi) is 4.47. The molecule has 16 heavy (non-hydrogen) atoms. The van der Waals surface area contributed by atoms with E-state index >= 15 is 0 Å². The third kappa shape index (κ3) is 2.81. The number of benzene rings is 1. The minimum Gasteiger partial charge on any atom is -0.435 e. The third-order valence-electron chi connectivity index (χ3n) is 2.42. The average Bonchev–Trinajstić information content (AvgIpc) is 2.27. The van der Waals surface area contributed by atoms with Crippen LogP contribution in [0.1, 0.15) is 24.0 Å². The first-order valence-corrected chi connectivity index (χ1v) is 5.12. The Hall–Kier alpha value is -1.38. The first-order chi connectivity index (χ1) is 7.60. The lowest BCUT2D eigenvalue weighted by molar-refractivity contribution is -0.0504. The van der Waals surface area contributed by atoms with E-state index in [9.17, 15) is 8.78 Å². The zero-order valence-corrected chi connectivity index (χ0v) is 9.25. The van der Waals surface area contributed by atoms with Crippen LogP contribution in [-0.2, 0) is 6.42 Å². The molecule has 0 aliphatic carbocycles. The predicted octanol–water partition coefficient (Wildman–Crippen LogP) is 3.95. The highest BCUT2D eigenvalue weighted by molar-refractivity contribution is 5.43. The fourth-order valence-electron chi connectivity index (χ4n) is 1.64. The van der Waals surface area contributed by atoms with E-state index in [1.807, 2.05) is 13.0 Å². The Morgan fingerprint density at radius 2 is 2.12 bits per heavy atom. The van der Waals surface area contributed by atoms with Crippen molar-refractivity contribution in [2.45, 2.75) is 25.9 Å². The summed E-state index contributed by atoms with van der Waals surface area (Å²) in [5.41, 5.74) is 1.65. The average molecular weight is 225 g/mol. The van der Waals surface area contributed by atoms with Gasteiger partial charge >= 0.3 is 6.61 Å². The van der Waals surface area contributed by atoms with Crippen LogP contribution in [0.2, 0.25) is 0 Å². The summed E-state index contributed by atoms with van der Waals surface area (Å²) in [6.45, 7) is 6.64. The van der Waals surface area contributed by atoms with E-state index < -0.39 is 6.61 Å². The number of alkyl halides is 2. The van der Waals surface area contributed by atoms with E-state index in [2.05, 4.69) is 18.2 Å². The molecule has 1 unspecified atom stereocenters. The van der Waals surface area contributed by atoms with E-state index in [1.165, 1.54) is 0 Å². The van der Waals surface area contributed by atoms with Crippen LogP contribution in [0.3, 0.4) is 0 Å². The van der Waals surface area contributed by atoms with Crippen molar-refractivity contribution in [3.63, 3.8) is 0 Å². The minimum absolute atomic E-state index is 0.115. The van der Waals surface area contributed by atoms with Gasteiger partial charge in [0, 0.05) is 5.92 Å². The van der Waals surface area contributed by atoms with Gasteiger partial charge in [-0.1, -0.05) is 25.1 Å². The highest BCUT2D eigenvalue weighted by atomic mass is 19.3. The van der Waals surface area contributed by atoms with Crippen LogP contribution >= 0.6 is 0 Å². The van der Waals surface area contributed by atoms with Crippen molar-refractivity contribution in [3.05, 3.63) is 48.9 Å². The smallest absolute Gasteiger partial charge is 0.387 e. The number of halogens is 2. The van der Waals surface area contributed by atoms with Gasteiger partial charge in [-0.15, -0.1) is 6.58 Å². The lowest BCUT2D eigenvalue weighted by Gasteiger charge is -2.16. The second-order valence-corrected chi connectivity index (χ2v) is 3.40. The van der Waals surface area contributed by atoms with Gasteiger partial charge in [0.2, 0.25) is 0 Å². The molecular weight excluding hydrogens is 210 g/mol. The highest BCUT2D eigenvalue weighted by Crippen LogP contribution is 2.29. The third-order valence-corrected chi connectivity index (χ3v) is 2.42. The molecule has 3 heteroatoms. The van der Waals surface area contributed by atoms with E-state index in [0.717, 1.165) is 11.1 Å². The molecule has 0 aromatic heterocycles. The van der Waals surface area contributed by atoms with Crippen molar-refractivity contribution in [2.24, 2.45) is 0 Å². The predicted molar refractivity (Wildman–Crippen MR) is 60.7 cm³/mol. The molecule has 0 saturated heterocycles. The molecule has 1 nitrogen and oxygen atoms in total. The van der Waals surface area contributed by atoms with Crippen LogP contribution in [0.25, 0.3) is 0 Å². The summed E-state index contributed by atoms with van der Waals surface area (Å²) in [5, 5.41) is 0. The summed E-state index contributed by atoms with van der Waals surface area (Å²) < 4.78 is 28.9. The number of ether oxygens (including phenoxy) is 1. The van der Waals surface area contributed by atoms with Crippen molar-refractivity contribution in [1.82, 2.24) is 0 Å². The van der Waals surface area contributed by atoms with Gasteiger partial charge in [-0.25, -0.2) is 0 Å². The topological polar surface area (TPSA) is 9.23 Å². The lowest BCUT2D eigenvalue weighted by atomic mass is 9.94. The Labute approximate surface area is 94.7 Å². The van der Waals surface area contributed by atoms with Crippen molar-refractivity contribution >= 4 is 0 Å². The van der Waals surface area contributed by atoms with Crippen molar-refractivity contribution in [2.75, 3.05) is 0 Å². The Balaban J connectivity index is 3.14. The van der Waals surface area contributed by atoms with E-state index in [1.54, 1.807) is 18.2 Å². The molecule has 0 fully saturated rings. The van der Waals surface area contributed by atoms with Gasteiger partial charge in [-0.3, -0.25) is 0 Å².